The van der Waals surface area contributed by atoms with E-state index in [-0.39, 0.29) is 5.91 Å². The fourth-order valence-electron chi connectivity index (χ4n) is 2.96. The molecule has 0 aliphatic carbocycles. The van der Waals surface area contributed by atoms with Crippen molar-refractivity contribution in [3.05, 3.63) is 35.8 Å². The maximum absolute atomic E-state index is 12.8. The first-order valence-electron chi connectivity index (χ1n) is 8.03. The standard InChI is InChI=1S/C18H22N4O4/c1-21(9-11-8-19-22(2)10-11)18(23)13-6-12-14(24-3)7-15(25-4)17(26-5)16(12)20-13/h6-8,10,20H,9H2,1-5H3. The number of nitrogens with zero attached hydrogens (tertiary/aromatic N) is 3. The fraction of sp³-hybridized carbons (Fsp3) is 0.333. The van der Waals surface area contributed by atoms with Crippen LogP contribution in [0.4, 0.5) is 0 Å². The third-order valence-electron chi connectivity index (χ3n) is 4.20. The molecule has 1 aromatic carbocycles. The van der Waals surface area contributed by atoms with Crippen molar-refractivity contribution in [3.8, 4) is 17.2 Å². The maximum atomic E-state index is 12.8. The average molecular weight is 358 g/mol. The Hall–Kier alpha value is -3.16. The number of aromatic nitrogens is 3. The minimum atomic E-state index is -0.145. The molecule has 0 atom stereocenters. The Balaban J connectivity index is 1.98. The summed E-state index contributed by atoms with van der Waals surface area (Å²) in [4.78, 5) is 17.6. The Morgan fingerprint density at radius 2 is 1.92 bits per heavy atom. The van der Waals surface area contributed by atoms with E-state index in [0.717, 1.165) is 10.9 Å². The van der Waals surface area contributed by atoms with Gasteiger partial charge in [0.15, 0.2) is 11.5 Å². The second-order valence-electron chi connectivity index (χ2n) is 5.97. The Bertz CT molecular complexity index is 944. The van der Waals surface area contributed by atoms with Crippen molar-refractivity contribution >= 4 is 16.8 Å². The smallest absolute Gasteiger partial charge is 0.270 e. The lowest BCUT2D eigenvalue weighted by Gasteiger charge is -2.15. The van der Waals surface area contributed by atoms with E-state index in [9.17, 15) is 4.79 Å². The lowest BCUT2D eigenvalue weighted by Crippen LogP contribution is -2.26. The van der Waals surface area contributed by atoms with E-state index in [1.54, 1.807) is 56.3 Å². The third-order valence-corrected chi connectivity index (χ3v) is 4.20. The van der Waals surface area contributed by atoms with E-state index in [2.05, 4.69) is 10.1 Å². The van der Waals surface area contributed by atoms with Crippen LogP contribution in [0.3, 0.4) is 0 Å². The highest BCUT2D eigenvalue weighted by Crippen LogP contribution is 2.41. The highest BCUT2D eigenvalue weighted by Gasteiger charge is 2.21. The normalized spacial score (nSPS) is 10.8. The number of rotatable bonds is 6. The van der Waals surface area contributed by atoms with Crippen molar-refractivity contribution in [1.82, 2.24) is 19.7 Å². The summed E-state index contributed by atoms with van der Waals surface area (Å²) in [5, 5.41) is 4.88. The number of hydrogen-bond acceptors (Lipinski definition) is 5. The highest BCUT2D eigenvalue weighted by atomic mass is 16.5. The highest BCUT2D eigenvalue weighted by molar-refractivity contribution is 6.02. The van der Waals surface area contributed by atoms with Crippen LogP contribution in [0.2, 0.25) is 0 Å². The summed E-state index contributed by atoms with van der Waals surface area (Å²) < 4.78 is 17.9. The molecule has 26 heavy (non-hydrogen) atoms. The molecule has 1 N–H and O–H groups in total. The van der Waals surface area contributed by atoms with Gasteiger partial charge in [-0.3, -0.25) is 9.48 Å². The van der Waals surface area contributed by atoms with Crippen LogP contribution in [0.5, 0.6) is 17.2 Å². The van der Waals surface area contributed by atoms with Gasteiger partial charge in [0.05, 0.1) is 33.0 Å². The number of nitrogens with one attached hydrogen (secondary N) is 1. The first-order chi connectivity index (χ1) is 12.5. The number of carbonyl (C=O) groups is 1. The van der Waals surface area contributed by atoms with Gasteiger partial charge in [-0.2, -0.15) is 5.10 Å². The summed E-state index contributed by atoms with van der Waals surface area (Å²) in [5.74, 6) is 1.51. The minimum absolute atomic E-state index is 0.145. The van der Waals surface area contributed by atoms with Gasteiger partial charge in [0.25, 0.3) is 5.91 Å². The fourth-order valence-corrected chi connectivity index (χ4v) is 2.96. The van der Waals surface area contributed by atoms with Crippen molar-refractivity contribution in [3.63, 3.8) is 0 Å². The molecule has 0 aliphatic rings. The van der Waals surface area contributed by atoms with Crippen LogP contribution in [0, 0.1) is 0 Å². The van der Waals surface area contributed by atoms with Crippen LogP contribution in [0.15, 0.2) is 24.5 Å². The molecule has 138 valence electrons. The molecule has 3 aromatic rings. The van der Waals surface area contributed by atoms with Gasteiger partial charge in [0, 0.05) is 43.9 Å². The van der Waals surface area contributed by atoms with Crippen LogP contribution in [-0.4, -0.2) is 53.9 Å². The van der Waals surface area contributed by atoms with Crippen LogP contribution in [0.1, 0.15) is 16.1 Å². The minimum Gasteiger partial charge on any atom is -0.496 e. The number of aryl methyl sites for hydroxylation is 1. The van der Waals surface area contributed by atoms with Gasteiger partial charge in [-0.25, -0.2) is 0 Å². The molecule has 0 bridgehead atoms. The van der Waals surface area contributed by atoms with Crippen molar-refractivity contribution < 1.29 is 19.0 Å². The topological polar surface area (TPSA) is 81.6 Å². The van der Waals surface area contributed by atoms with E-state index in [4.69, 9.17) is 14.2 Å². The molecule has 0 saturated heterocycles. The van der Waals surface area contributed by atoms with Crippen molar-refractivity contribution in [2.24, 2.45) is 7.05 Å². The summed E-state index contributed by atoms with van der Waals surface area (Å²) in [6.07, 6.45) is 3.62. The SMILES string of the molecule is COc1cc(OC)c2cc(C(=O)N(C)Cc3cnn(C)c3)[nH]c2c1OC. The van der Waals surface area contributed by atoms with Gasteiger partial charge in [-0.15, -0.1) is 0 Å². The molecule has 3 rings (SSSR count). The Labute approximate surface area is 151 Å². The number of fused-ring (bicyclic) bond motifs is 1. The molecule has 8 heteroatoms. The van der Waals surface area contributed by atoms with Crippen LogP contribution in [0.25, 0.3) is 10.9 Å². The Morgan fingerprint density at radius 3 is 2.50 bits per heavy atom. The Morgan fingerprint density at radius 1 is 1.19 bits per heavy atom. The number of benzene rings is 1. The van der Waals surface area contributed by atoms with Gasteiger partial charge in [-0.1, -0.05) is 0 Å². The number of ether oxygens (including phenoxy) is 3. The number of H-pyrrole nitrogens is 1. The van der Waals surface area contributed by atoms with Crippen molar-refractivity contribution in [2.75, 3.05) is 28.4 Å². The molecule has 0 radical (unpaired) electrons. The lowest BCUT2D eigenvalue weighted by atomic mass is 10.2. The lowest BCUT2D eigenvalue weighted by molar-refractivity contribution is 0.0780. The van der Waals surface area contributed by atoms with Gasteiger partial charge >= 0.3 is 0 Å². The molecule has 0 spiro atoms. The van der Waals surface area contributed by atoms with Crippen LogP contribution in [-0.2, 0) is 13.6 Å². The monoisotopic (exact) mass is 358 g/mol. The number of carbonyl (C=O) groups excluding carboxylic acids is 1. The first kappa shape index (κ1) is 17.7. The second kappa shape index (κ2) is 6.99. The zero-order chi connectivity index (χ0) is 18.8. The molecule has 0 fully saturated rings. The number of hydrogen-bond donors (Lipinski definition) is 1. The van der Waals surface area contributed by atoms with E-state index >= 15 is 0 Å². The molecule has 0 saturated carbocycles. The molecule has 8 nitrogen and oxygen atoms in total. The molecular weight excluding hydrogens is 336 g/mol. The predicted octanol–water partition coefficient (Wildman–Crippen LogP) is 2.20. The van der Waals surface area contributed by atoms with Gasteiger partial charge < -0.3 is 24.1 Å². The van der Waals surface area contributed by atoms with Crippen LogP contribution < -0.4 is 14.2 Å². The number of amides is 1. The first-order valence-corrected chi connectivity index (χ1v) is 8.03. The summed E-state index contributed by atoms with van der Waals surface area (Å²) in [6.45, 7) is 0.458. The molecular formula is C18H22N4O4. The zero-order valence-electron chi connectivity index (χ0n) is 15.5. The largest absolute Gasteiger partial charge is 0.496 e. The second-order valence-corrected chi connectivity index (χ2v) is 5.97. The maximum Gasteiger partial charge on any atom is 0.270 e. The molecule has 0 aliphatic heterocycles. The van der Waals surface area contributed by atoms with E-state index in [0.29, 0.717) is 35.0 Å². The summed E-state index contributed by atoms with van der Waals surface area (Å²) in [6, 6.07) is 3.50. The summed E-state index contributed by atoms with van der Waals surface area (Å²) in [5.41, 5.74) is 2.05. The molecule has 2 aromatic heterocycles. The van der Waals surface area contributed by atoms with E-state index in [1.165, 1.54) is 0 Å². The van der Waals surface area contributed by atoms with E-state index < -0.39 is 0 Å². The van der Waals surface area contributed by atoms with Gasteiger partial charge in [0.1, 0.15) is 11.4 Å². The Kier molecular flexibility index (Phi) is 4.75. The number of methoxy groups -OCH3 is 3. The zero-order valence-corrected chi connectivity index (χ0v) is 15.5. The molecule has 1 amide bonds. The number of aromatic amines is 1. The van der Waals surface area contributed by atoms with Crippen LogP contribution >= 0.6 is 0 Å². The van der Waals surface area contributed by atoms with Crippen molar-refractivity contribution in [1.29, 1.82) is 0 Å². The average Bonchev–Trinajstić information content (AvgIpc) is 3.25. The summed E-state index contributed by atoms with van der Waals surface area (Å²) in [7, 11) is 8.27. The molecule has 0 unspecified atom stereocenters. The quantitative estimate of drug-likeness (QED) is 0.730. The van der Waals surface area contributed by atoms with Gasteiger partial charge in [-0.05, 0) is 6.07 Å². The van der Waals surface area contributed by atoms with E-state index in [1.807, 2.05) is 13.2 Å². The van der Waals surface area contributed by atoms with Gasteiger partial charge in [0.2, 0.25) is 0 Å². The predicted molar refractivity (Wildman–Crippen MR) is 97.0 cm³/mol. The third kappa shape index (κ3) is 3.05. The summed E-state index contributed by atoms with van der Waals surface area (Å²) >= 11 is 0. The van der Waals surface area contributed by atoms with Crippen molar-refractivity contribution in [2.45, 2.75) is 6.54 Å². The molecule has 2 heterocycles.